The lowest BCUT2D eigenvalue weighted by atomic mass is 9.82. The van der Waals surface area contributed by atoms with Crippen LogP contribution in [0.25, 0.3) is 10.2 Å². The summed E-state index contributed by atoms with van der Waals surface area (Å²) in [6.07, 6.45) is 4.60. The van der Waals surface area contributed by atoms with Gasteiger partial charge < -0.3 is 11.1 Å². The first-order valence-electron chi connectivity index (χ1n) is 6.72. The first-order chi connectivity index (χ1) is 9.60. The van der Waals surface area contributed by atoms with Crippen molar-refractivity contribution in [2.45, 2.75) is 37.6 Å². The Bertz CT molecular complexity index is 649. The lowest BCUT2D eigenvalue weighted by Crippen LogP contribution is -2.52. The molecule has 0 atom stereocenters. The molecule has 4 nitrogen and oxygen atoms in total. The minimum absolute atomic E-state index is 0.153. The minimum atomic E-state index is -0.778. The van der Waals surface area contributed by atoms with Crippen molar-refractivity contribution >= 4 is 44.7 Å². The number of anilines is 1. The molecule has 6 heteroatoms. The molecule has 0 aliphatic heterocycles. The van der Waals surface area contributed by atoms with E-state index in [-0.39, 0.29) is 5.91 Å². The fourth-order valence-electron chi connectivity index (χ4n) is 2.67. The predicted molar refractivity (Wildman–Crippen MR) is 83.3 cm³/mol. The zero-order chi connectivity index (χ0) is 14.2. The van der Waals surface area contributed by atoms with E-state index in [0.717, 1.165) is 42.3 Å². The number of aromatic nitrogens is 1. The number of nitrogens with two attached hydrogens (primary N) is 1. The van der Waals surface area contributed by atoms with Crippen LogP contribution in [0.2, 0.25) is 5.02 Å². The van der Waals surface area contributed by atoms with Crippen LogP contribution in [-0.2, 0) is 4.79 Å². The summed E-state index contributed by atoms with van der Waals surface area (Å²) in [6.45, 7) is 0. The number of benzene rings is 1. The average Bonchev–Trinajstić information content (AvgIpc) is 2.91. The van der Waals surface area contributed by atoms with E-state index in [0.29, 0.717) is 10.7 Å². The summed E-state index contributed by atoms with van der Waals surface area (Å²) in [7, 11) is 0. The van der Waals surface area contributed by atoms with E-state index in [4.69, 9.17) is 17.3 Å². The van der Waals surface area contributed by atoms with Gasteiger partial charge >= 0.3 is 0 Å². The smallest absolute Gasteiger partial charge is 0.244 e. The molecule has 0 unspecified atom stereocenters. The summed E-state index contributed by atoms with van der Waals surface area (Å²) in [5.74, 6) is -0.153. The van der Waals surface area contributed by atoms with Crippen molar-refractivity contribution in [1.29, 1.82) is 0 Å². The van der Waals surface area contributed by atoms with Gasteiger partial charge in [-0.2, -0.15) is 0 Å². The quantitative estimate of drug-likeness (QED) is 0.891. The van der Waals surface area contributed by atoms with Crippen LogP contribution in [0.5, 0.6) is 0 Å². The highest BCUT2D eigenvalue weighted by Crippen LogP contribution is 2.34. The molecule has 1 saturated carbocycles. The Kier molecular flexibility index (Phi) is 3.67. The Morgan fingerprint density at radius 1 is 1.35 bits per heavy atom. The Labute approximate surface area is 126 Å². The Morgan fingerprint density at radius 3 is 2.85 bits per heavy atom. The van der Waals surface area contributed by atoms with Gasteiger partial charge in [0.25, 0.3) is 0 Å². The maximum Gasteiger partial charge on any atom is 0.244 e. The molecule has 0 spiro atoms. The van der Waals surface area contributed by atoms with E-state index in [2.05, 4.69) is 10.3 Å². The van der Waals surface area contributed by atoms with Gasteiger partial charge in [0.05, 0.1) is 26.5 Å². The number of carbonyl (C=O) groups is 1. The fraction of sp³-hybridized carbons (Fsp3) is 0.429. The molecule has 1 aliphatic rings. The molecular weight excluding hydrogens is 294 g/mol. The van der Waals surface area contributed by atoms with Crippen LogP contribution >= 0.6 is 22.9 Å². The molecule has 1 heterocycles. The second kappa shape index (κ2) is 5.31. The molecule has 0 saturated heterocycles. The number of nitrogens with one attached hydrogen (secondary N) is 1. The lowest BCUT2D eigenvalue weighted by Gasteiger charge is -2.31. The van der Waals surface area contributed by atoms with Gasteiger partial charge in [0, 0.05) is 0 Å². The van der Waals surface area contributed by atoms with Crippen molar-refractivity contribution in [2.75, 3.05) is 5.32 Å². The summed E-state index contributed by atoms with van der Waals surface area (Å²) in [5, 5.41) is 3.39. The fourth-order valence-corrected chi connectivity index (χ4v) is 3.56. The molecule has 3 rings (SSSR count). The molecule has 3 N–H and O–H groups in total. The van der Waals surface area contributed by atoms with Gasteiger partial charge in [0.2, 0.25) is 5.91 Å². The molecule has 106 valence electrons. The lowest BCUT2D eigenvalue weighted by molar-refractivity contribution is -0.122. The largest absolute Gasteiger partial charge is 0.321 e. The highest BCUT2D eigenvalue weighted by Gasteiger charge is 2.35. The van der Waals surface area contributed by atoms with Crippen LogP contribution < -0.4 is 11.1 Å². The Morgan fingerprint density at radius 2 is 2.10 bits per heavy atom. The SMILES string of the molecule is NC1(C(=O)Nc2c(Cl)ccc3scnc23)CCCCC1. The molecule has 1 aromatic carbocycles. The van der Waals surface area contributed by atoms with Crippen molar-refractivity contribution in [2.24, 2.45) is 5.73 Å². The van der Waals surface area contributed by atoms with E-state index in [1.54, 1.807) is 11.6 Å². The van der Waals surface area contributed by atoms with Crippen LogP contribution in [-0.4, -0.2) is 16.4 Å². The number of thiazole rings is 1. The number of rotatable bonds is 2. The van der Waals surface area contributed by atoms with E-state index >= 15 is 0 Å². The highest BCUT2D eigenvalue weighted by atomic mass is 35.5. The second-order valence-corrected chi connectivity index (χ2v) is 6.59. The van der Waals surface area contributed by atoms with Gasteiger partial charge in [0.15, 0.2) is 0 Å². The van der Waals surface area contributed by atoms with E-state index in [1.165, 1.54) is 11.3 Å². The van der Waals surface area contributed by atoms with Gasteiger partial charge in [-0.25, -0.2) is 4.98 Å². The van der Waals surface area contributed by atoms with Crippen molar-refractivity contribution < 1.29 is 4.79 Å². The maximum absolute atomic E-state index is 12.5. The van der Waals surface area contributed by atoms with Crippen LogP contribution in [0.1, 0.15) is 32.1 Å². The molecular formula is C14H16ClN3OS. The molecule has 1 aliphatic carbocycles. The summed E-state index contributed by atoms with van der Waals surface area (Å²) >= 11 is 7.72. The monoisotopic (exact) mass is 309 g/mol. The topological polar surface area (TPSA) is 68.0 Å². The van der Waals surface area contributed by atoms with Gasteiger partial charge in [-0.05, 0) is 25.0 Å². The number of amides is 1. The van der Waals surface area contributed by atoms with Crippen molar-refractivity contribution in [3.05, 3.63) is 22.7 Å². The molecule has 2 aromatic rings. The summed E-state index contributed by atoms with van der Waals surface area (Å²) in [4.78, 5) is 16.8. The van der Waals surface area contributed by atoms with Crippen LogP contribution in [0.3, 0.4) is 0 Å². The third-order valence-electron chi connectivity index (χ3n) is 3.89. The summed E-state index contributed by atoms with van der Waals surface area (Å²) in [6, 6.07) is 3.69. The molecule has 20 heavy (non-hydrogen) atoms. The Balaban J connectivity index is 1.91. The third kappa shape index (κ3) is 2.41. The number of hydrogen-bond donors (Lipinski definition) is 2. The first-order valence-corrected chi connectivity index (χ1v) is 7.98. The number of fused-ring (bicyclic) bond motifs is 1. The summed E-state index contributed by atoms with van der Waals surface area (Å²) < 4.78 is 0.999. The van der Waals surface area contributed by atoms with Crippen molar-refractivity contribution in [1.82, 2.24) is 4.98 Å². The molecule has 0 bridgehead atoms. The number of carbonyl (C=O) groups excluding carboxylic acids is 1. The van der Waals surface area contributed by atoms with Crippen molar-refractivity contribution in [3.8, 4) is 0 Å². The molecule has 1 fully saturated rings. The van der Waals surface area contributed by atoms with E-state index < -0.39 is 5.54 Å². The first kappa shape index (κ1) is 13.8. The molecule has 1 amide bonds. The highest BCUT2D eigenvalue weighted by molar-refractivity contribution is 7.16. The number of nitrogens with zero attached hydrogens (tertiary/aromatic N) is 1. The van der Waals surface area contributed by atoms with Crippen LogP contribution in [0.4, 0.5) is 5.69 Å². The number of hydrogen-bond acceptors (Lipinski definition) is 4. The normalized spacial score (nSPS) is 18.1. The van der Waals surface area contributed by atoms with Crippen molar-refractivity contribution in [3.63, 3.8) is 0 Å². The minimum Gasteiger partial charge on any atom is -0.321 e. The van der Waals surface area contributed by atoms with Gasteiger partial charge in [0.1, 0.15) is 5.52 Å². The standard InChI is InChI=1S/C14H16ClN3OS/c15-9-4-5-10-12(17-8-20-10)11(9)18-13(19)14(16)6-2-1-3-7-14/h4-5,8H,1-3,6-7,16H2,(H,18,19). The van der Waals surface area contributed by atoms with Gasteiger partial charge in [-0.3, -0.25) is 4.79 Å². The second-order valence-electron chi connectivity index (χ2n) is 5.29. The number of halogens is 1. The summed E-state index contributed by atoms with van der Waals surface area (Å²) in [5.41, 5.74) is 8.52. The average molecular weight is 310 g/mol. The van der Waals surface area contributed by atoms with E-state index in [9.17, 15) is 4.79 Å². The zero-order valence-electron chi connectivity index (χ0n) is 11.0. The van der Waals surface area contributed by atoms with Crippen LogP contribution in [0, 0.1) is 0 Å². The van der Waals surface area contributed by atoms with Gasteiger partial charge in [-0.1, -0.05) is 30.9 Å². The predicted octanol–water partition coefficient (Wildman–Crippen LogP) is 3.55. The zero-order valence-corrected chi connectivity index (χ0v) is 12.6. The van der Waals surface area contributed by atoms with Gasteiger partial charge in [-0.15, -0.1) is 11.3 Å². The third-order valence-corrected chi connectivity index (χ3v) is 5.00. The molecule has 1 aromatic heterocycles. The Hall–Kier alpha value is -1.17. The molecule has 0 radical (unpaired) electrons. The maximum atomic E-state index is 12.5. The van der Waals surface area contributed by atoms with Crippen LogP contribution in [0.15, 0.2) is 17.6 Å². The van der Waals surface area contributed by atoms with E-state index in [1.807, 2.05) is 6.07 Å².